The Kier molecular flexibility index (Phi) is 4.10. The maximum Gasteiger partial charge on any atom is 0.321 e. The molecule has 2 rings (SSSR count). The lowest BCUT2D eigenvalue weighted by Gasteiger charge is -2.10. The van der Waals surface area contributed by atoms with Gasteiger partial charge in [-0.05, 0) is 6.92 Å². The number of hydrogen-bond acceptors (Lipinski definition) is 5. The largest absolute Gasteiger partial charge is 0.337 e. The Morgan fingerprint density at radius 3 is 2.89 bits per heavy atom. The lowest BCUT2D eigenvalue weighted by Crippen LogP contribution is -2.32. The van der Waals surface area contributed by atoms with Crippen molar-refractivity contribution in [3.63, 3.8) is 0 Å². The molecule has 0 aliphatic rings. The predicted molar refractivity (Wildman–Crippen MR) is 73.3 cm³/mol. The van der Waals surface area contributed by atoms with Crippen LogP contribution in [0.3, 0.4) is 0 Å². The molecule has 0 aromatic carbocycles. The van der Waals surface area contributed by atoms with Gasteiger partial charge in [-0.25, -0.2) is 14.5 Å². The fraction of sp³-hybridized carbons (Fsp3) is 0.455. The second-order valence-corrected chi connectivity index (χ2v) is 5.52. The van der Waals surface area contributed by atoms with Crippen LogP contribution in [0.15, 0.2) is 12.5 Å². The smallest absolute Gasteiger partial charge is 0.321 e. The zero-order valence-electron chi connectivity index (χ0n) is 11.0. The van der Waals surface area contributed by atoms with E-state index < -0.39 is 0 Å². The Balaban J connectivity index is 1.82. The highest BCUT2D eigenvalue weighted by Gasteiger charge is 2.12. The number of aryl methyl sites for hydroxylation is 2. The molecule has 2 heterocycles. The maximum atomic E-state index is 11.7. The van der Waals surface area contributed by atoms with Crippen LogP contribution in [-0.4, -0.2) is 32.3 Å². The lowest BCUT2D eigenvalue weighted by atomic mass is 10.2. The van der Waals surface area contributed by atoms with E-state index in [1.807, 2.05) is 20.0 Å². The third kappa shape index (κ3) is 3.50. The number of nitrogens with zero attached hydrogens (tertiary/aromatic N) is 4. The first kappa shape index (κ1) is 13.5. The van der Waals surface area contributed by atoms with E-state index in [2.05, 4.69) is 25.7 Å². The maximum absolute atomic E-state index is 11.7. The number of amides is 2. The molecule has 2 aromatic rings. The molecule has 0 fully saturated rings. The summed E-state index contributed by atoms with van der Waals surface area (Å²) < 4.78 is 1.49. The first-order valence-corrected chi connectivity index (χ1v) is 6.69. The summed E-state index contributed by atoms with van der Waals surface area (Å²) in [6.07, 6.45) is 3.23. The average molecular weight is 280 g/mol. The van der Waals surface area contributed by atoms with Crippen LogP contribution >= 0.6 is 11.3 Å². The summed E-state index contributed by atoms with van der Waals surface area (Å²) in [6, 6.07) is -0.295. The zero-order chi connectivity index (χ0) is 13.8. The minimum Gasteiger partial charge on any atom is -0.337 e. The van der Waals surface area contributed by atoms with Crippen LogP contribution in [0.5, 0.6) is 0 Å². The molecule has 0 radical (unpaired) electrons. The highest BCUT2D eigenvalue weighted by molar-refractivity contribution is 7.11. The molecule has 7 nitrogen and oxygen atoms in total. The Morgan fingerprint density at radius 2 is 2.32 bits per heavy atom. The number of carbonyl (C=O) groups excluding carboxylic acids is 1. The Hall–Kier alpha value is -1.96. The number of carbonyl (C=O) groups is 1. The van der Waals surface area contributed by atoms with Crippen LogP contribution in [0.1, 0.15) is 22.7 Å². The van der Waals surface area contributed by atoms with Gasteiger partial charge in [-0.3, -0.25) is 5.32 Å². The van der Waals surface area contributed by atoms with E-state index in [1.165, 1.54) is 15.9 Å². The SMILES string of the molecule is Cc1cnc(C(C)CNC(=O)Nc2ncnn2C)s1. The molecule has 2 amide bonds. The van der Waals surface area contributed by atoms with Crippen molar-refractivity contribution in [2.45, 2.75) is 19.8 Å². The molecule has 0 bridgehead atoms. The van der Waals surface area contributed by atoms with Gasteiger partial charge in [0.1, 0.15) is 6.33 Å². The second kappa shape index (κ2) is 5.79. The molecule has 102 valence electrons. The van der Waals surface area contributed by atoms with Gasteiger partial charge in [-0.2, -0.15) is 10.1 Å². The molecule has 19 heavy (non-hydrogen) atoms. The highest BCUT2D eigenvalue weighted by atomic mass is 32.1. The highest BCUT2D eigenvalue weighted by Crippen LogP contribution is 2.20. The summed E-state index contributed by atoms with van der Waals surface area (Å²) in [6.45, 7) is 4.57. The van der Waals surface area contributed by atoms with E-state index in [4.69, 9.17) is 0 Å². The van der Waals surface area contributed by atoms with Gasteiger partial charge in [-0.15, -0.1) is 11.3 Å². The molecular formula is C11H16N6OS. The average Bonchev–Trinajstić information content (AvgIpc) is 2.96. The number of rotatable bonds is 4. The molecular weight excluding hydrogens is 264 g/mol. The Labute approximate surface area is 115 Å². The van der Waals surface area contributed by atoms with Gasteiger partial charge in [0.25, 0.3) is 0 Å². The van der Waals surface area contributed by atoms with E-state index in [1.54, 1.807) is 18.4 Å². The van der Waals surface area contributed by atoms with E-state index >= 15 is 0 Å². The molecule has 0 saturated carbocycles. The summed E-state index contributed by atoms with van der Waals surface area (Å²) in [4.78, 5) is 21.1. The van der Waals surface area contributed by atoms with E-state index in [9.17, 15) is 4.79 Å². The third-order valence-corrected chi connectivity index (χ3v) is 3.71. The first-order chi connectivity index (χ1) is 9.06. The van der Waals surface area contributed by atoms with E-state index in [0.717, 1.165) is 5.01 Å². The van der Waals surface area contributed by atoms with Crippen molar-refractivity contribution in [1.82, 2.24) is 25.1 Å². The van der Waals surface area contributed by atoms with Crippen molar-refractivity contribution in [3.05, 3.63) is 22.4 Å². The summed E-state index contributed by atoms with van der Waals surface area (Å²) >= 11 is 1.65. The van der Waals surface area contributed by atoms with Gasteiger partial charge in [0.15, 0.2) is 0 Å². The quantitative estimate of drug-likeness (QED) is 0.889. The fourth-order valence-electron chi connectivity index (χ4n) is 1.49. The van der Waals surface area contributed by atoms with Crippen molar-refractivity contribution < 1.29 is 4.79 Å². The second-order valence-electron chi connectivity index (χ2n) is 4.25. The summed E-state index contributed by atoms with van der Waals surface area (Å²) in [5, 5.41) is 10.3. The number of nitrogens with one attached hydrogen (secondary N) is 2. The van der Waals surface area contributed by atoms with E-state index in [0.29, 0.717) is 12.5 Å². The summed E-state index contributed by atoms with van der Waals surface area (Å²) in [5.41, 5.74) is 0. The lowest BCUT2D eigenvalue weighted by molar-refractivity contribution is 0.251. The van der Waals surface area contributed by atoms with Crippen molar-refractivity contribution in [2.24, 2.45) is 7.05 Å². The monoisotopic (exact) mass is 280 g/mol. The molecule has 1 unspecified atom stereocenters. The first-order valence-electron chi connectivity index (χ1n) is 5.87. The van der Waals surface area contributed by atoms with E-state index in [-0.39, 0.29) is 11.9 Å². The minimum absolute atomic E-state index is 0.184. The van der Waals surface area contributed by atoms with Crippen molar-refractivity contribution >= 4 is 23.3 Å². The minimum atomic E-state index is -0.295. The summed E-state index contributed by atoms with van der Waals surface area (Å²) in [5.74, 6) is 0.596. The number of hydrogen-bond donors (Lipinski definition) is 2. The molecule has 2 aromatic heterocycles. The van der Waals surface area contributed by atoms with Crippen LogP contribution in [0.2, 0.25) is 0 Å². The number of thiazole rings is 1. The van der Waals surface area contributed by atoms with Crippen LogP contribution in [0.25, 0.3) is 0 Å². The number of aromatic nitrogens is 4. The molecule has 1 atom stereocenters. The molecule has 2 N–H and O–H groups in total. The molecule has 0 aliphatic carbocycles. The molecule has 0 saturated heterocycles. The van der Waals surface area contributed by atoms with Crippen molar-refractivity contribution in [1.29, 1.82) is 0 Å². The zero-order valence-corrected chi connectivity index (χ0v) is 11.9. The number of anilines is 1. The van der Waals surface area contributed by atoms with Crippen LogP contribution in [0.4, 0.5) is 10.7 Å². The van der Waals surface area contributed by atoms with Gasteiger partial charge in [0.05, 0.1) is 5.01 Å². The van der Waals surface area contributed by atoms with Crippen molar-refractivity contribution in [3.8, 4) is 0 Å². The summed E-state index contributed by atoms with van der Waals surface area (Å²) in [7, 11) is 1.71. The van der Waals surface area contributed by atoms with Gasteiger partial charge >= 0.3 is 6.03 Å². The molecule has 8 heteroatoms. The van der Waals surface area contributed by atoms with Crippen LogP contribution < -0.4 is 10.6 Å². The van der Waals surface area contributed by atoms with Crippen molar-refractivity contribution in [2.75, 3.05) is 11.9 Å². The van der Waals surface area contributed by atoms with Gasteiger partial charge in [-0.1, -0.05) is 6.92 Å². The van der Waals surface area contributed by atoms with Gasteiger partial charge in [0.2, 0.25) is 5.95 Å². The molecule has 0 spiro atoms. The van der Waals surface area contributed by atoms with Crippen LogP contribution in [-0.2, 0) is 7.05 Å². The predicted octanol–water partition coefficient (Wildman–Crippen LogP) is 1.51. The van der Waals surface area contributed by atoms with Gasteiger partial charge < -0.3 is 5.32 Å². The fourth-order valence-corrected chi connectivity index (χ4v) is 2.31. The van der Waals surface area contributed by atoms with Gasteiger partial charge in [0, 0.05) is 30.6 Å². The number of urea groups is 1. The third-order valence-electron chi connectivity index (χ3n) is 2.57. The Morgan fingerprint density at radius 1 is 1.53 bits per heavy atom. The Bertz CT molecular complexity index is 563. The topological polar surface area (TPSA) is 84.7 Å². The van der Waals surface area contributed by atoms with Crippen LogP contribution in [0, 0.1) is 6.92 Å². The molecule has 0 aliphatic heterocycles. The standard InChI is InChI=1S/C11H16N6OS/c1-7(9-12-5-8(2)19-9)4-13-11(18)16-10-14-6-15-17(10)3/h5-7H,4H2,1-3H3,(H2,13,14,15,16,18). The normalized spacial score (nSPS) is 12.2.